The number of thiophene rings is 1. The van der Waals surface area contributed by atoms with Crippen molar-refractivity contribution < 1.29 is 24.2 Å². The van der Waals surface area contributed by atoms with Crippen LogP contribution in [-0.2, 0) is 16.1 Å². The van der Waals surface area contributed by atoms with Crippen molar-refractivity contribution in [2.24, 2.45) is 0 Å². The number of hydrogen-bond acceptors (Lipinski definition) is 6. The Kier molecular flexibility index (Phi) is 5.36. The molecular weight excluding hydrogens is 450 g/mol. The maximum absolute atomic E-state index is 13.1. The van der Waals surface area contributed by atoms with Gasteiger partial charge in [-0.15, -0.1) is 11.3 Å². The van der Waals surface area contributed by atoms with Crippen molar-refractivity contribution in [1.29, 1.82) is 0 Å². The number of aliphatic hydroxyl groups excluding tert-OH is 1. The number of benzene rings is 2. The molecule has 0 aliphatic carbocycles. The molecule has 1 amide bonds. The predicted octanol–water partition coefficient (Wildman–Crippen LogP) is 4.79. The van der Waals surface area contributed by atoms with Crippen LogP contribution >= 0.6 is 22.9 Å². The van der Waals surface area contributed by atoms with Gasteiger partial charge >= 0.3 is 0 Å². The lowest BCUT2D eigenvalue weighted by Gasteiger charge is -2.25. The lowest BCUT2D eigenvalue weighted by atomic mass is 9.95. The average molecular weight is 468 g/mol. The summed E-state index contributed by atoms with van der Waals surface area (Å²) in [5.74, 6) is -0.586. The molecular formula is C24H18ClNO5S. The van der Waals surface area contributed by atoms with E-state index >= 15 is 0 Å². The van der Waals surface area contributed by atoms with Crippen LogP contribution in [0, 0.1) is 0 Å². The smallest absolute Gasteiger partial charge is 0.295 e. The van der Waals surface area contributed by atoms with Crippen molar-refractivity contribution in [3.8, 4) is 11.5 Å². The highest BCUT2D eigenvalue weighted by atomic mass is 35.5. The fourth-order valence-electron chi connectivity index (χ4n) is 3.95. The number of nitrogens with zero attached hydrogens (tertiary/aromatic N) is 1. The van der Waals surface area contributed by atoms with Crippen LogP contribution in [0.5, 0.6) is 11.5 Å². The number of rotatable bonds is 4. The summed E-state index contributed by atoms with van der Waals surface area (Å²) in [5.41, 5.74) is 1.09. The second-order valence-corrected chi connectivity index (χ2v) is 8.89. The summed E-state index contributed by atoms with van der Waals surface area (Å²) in [6.07, 6.45) is 0. The number of ketones is 1. The first-order valence-corrected chi connectivity index (χ1v) is 11.2. The Balaban J connectivity index is 1.63. The van der Waals surface area contributed by atoms with Crippen LogP contribution in [-0.4, -0.2) is 34.9 Å². The Morgan fingerprint density at radius 1 is 1.06 bits per heavy atom. The highest BCUT2D eigenvalue weighted by Crippen LogP contribution is 2.42. The molecule has 1 N–H and O–H groups in total. The van der Waals surface area contributed by atoms with E-state index in [4.69, 9.17) is 21.1 Å². The normalized spacial score (nSPS) is 19.4. The molecule has 0 spiro atoms. The number of Topliss-reactive ketones (excluding diaryl/α,β-unsaturated/α-hetero) is 1. The fraction of sp³-hybridized carbons (Fsp3) is 0.167. The van der Waals surface area contributed by atoms with Gasteiger partial charge in [0.2, 0.25) is 0 Å². The molecule has 2 aromatic carbocycles. The maximum Gasteiger partial charge on any atom is 0.295 e. The van der Waals surface area contributed by atoms with E-state index in [0.717, 1.165) is 4.88 Å². The molecule has 1 aromatic heterocycles. The van der Waals surface area contributed by atoms with Gasteiger partial charge in [-0.2, -0.15) is 0 Å². The molecule has 3 aromatic rings. The molecule has 6 nitrogen and oxygen atoms in total. The SMILES string of the molecule is O=C1C(=O)N(Cc2cccs2)C(c2ccc(Cl)cc2)/C1=C(/O)c1ccc2c(c1)OCCO2. The van der Waals surface area contributed by atoms with Gasteiger partial charge in [0.25, 0.3) is 11.7 Å². The van der Waals surface area contributed by atoms with Crippen molar-refractivity contribution in [3.05, 3.63) is 86.6 Å². The first-order valence-electron chi connectivity index (χ1n) is 9.99. The number of likely N-dealkylation sites (tertiary alicyclic amines) is 1. The van der Waals surface area contributed by atoms with Gasteiger partial charge in [-0.1, -0.05) is 29.8 Å². The number of aliphatic hydroxyl groups is 1. The Bertz CT molecular complexity index is 1220. The molecule has 0 radical (unpaired) electrons. The topological polar surface area (TPSA) is 76.1 Å². The summed E-state index contributed by atoms with van der Waals surface area (Å²) in [5, 5.41) is 13.7. The van der Waals surface area contributed by atoms with Crippen LogP contribution in [0.3, 0.4) is 0 Å². The minimum atomic E-state index is -0.748. The van der Waals surface area contributed by atoms with Crippen LogP contribution in [0.25, 0.3) is 5.76 Å². The molecule has 0 bridgehead atoms. The number of hydrogen-bond donors (Lipinski definition) is 1. The third-order valence-electron chi connectivity index (χ3n) is 5.45. The van der Waals surface area contributed by atoms with E-state index in [2.05, 4.69) is 0 Å². The van der Waals surface area contributed by atoms with E-state index in [0.29, 0.717) is 40.9 Å². The molecule has 1 unspecified atom stereocenters. The van der Waals surface area contributed by atoms with E-state index in [1.807, 2.05) is 17.5 Å². The number of ether oxygens (including phenoxy) is 2. The van der Waals surface area contributed by atoms with E-state index in [9.17, 15) is 14.7 Å². The fourth-order valence-corrected chi connectivity index (χ4v) is 4.78. The van der Waals surface area contributed by atoms with E-state index in [-0.39, 0.29) is 17.9 Å². The molecule has 162 valence electrons. The Morgan fingerprint density at radius 3 is 2.53 bits per heavy atom. The average Bonchev–Trinajstić information content (AvgIpc) is 3.41. The second-order valence-electron chi connectivity index (χ2n) is 7.42. The van der Waals surface area contributed by atoms with Crippen molar-refractivity contribution in [2.45, 2.75) is 12.6 Å². The van der Waals surface area contributed by atoms with Crippen LogP contribution in [0.2, 0.25) is 5.02 Å². The first kappa shape index (κ1) is 20.6. The Hall–Kier alpha value is -3.29. The minimum Gasteiger partial charge on any atom is -0.507 e. The van der Waals surface area contributed by atoms with Crippen molar-refractivity contribution in [2.75, 3.05) is 13.2 Å². The standard InChI is InChI=1S/C24H18ClNO5S/c25-16-6-3-14(4-7-16)21-20(23(28)24(29)26(21)13-17-2-1-11-32-17)22(27)15-5-8-18-19(12-15)31-10-9-30-18/h1-8,11-12,21,27H,9-10,13H2/b22-20-. The molecule has 8 heteroatoms. The predicted molar refractivity (Wildman–Crippen MR) is 121 cm³/mol. The summed E-state index contributed by atoms with van der Waals surface area (Å²) in [6, 6.07) is 14.9. The van der Waals surface area contributed by atoms with Crippen LogP contribution < -0.4 is 9.47 Å². The molecule has 5 rings (SSSR count). The van der Waals surface area contributed by atoms with Crippen LogP contribution in [0.1, 0.15) is 22.0 Å². The Labute approximate surface area is 193 Å². The zero-order chi connectivity index (χ0) is 22.2. The summed E-state index contributed by atoms with van der Waals surface area (Å²) in [7, 11) is 0. The van der Waals surface area contributed by atoms with Gasteiger partial charge in [0, 0.05) is 15.5 Å². The van der Waals surface area contributed by atoms with Crippen molar-refractivity contribution in [3.63, 3.8) is 0 Å². The third kappa shape index (κ3) is 3.63. The lowest BCUT2D eigenvalue weighted by Crippen LogP contribution is -2.28. The molecule has 1 saturated heterocycles. The molecule has 32 heavy (non-hydrogen) atoms. The van der Waals surface area contributed by atoms with Gasteiger partial charge in [-0.25, -0.2) is 0 Å². The summed E-state index contributed by atoms with van der Waals surface area (Å²) >= 11 is 7.56. The largest absolute Gasteiger partial charge is 0.507 e. The minimum absolute atomic E-state index is 0.0329. The van der Waals surface area contributed by atoms with Crippen molar-refractivity contribution in [1.82, 2.24) is 4.90 Å². The molecule has 0 saturated carbocycles. The summed E-state index contributed by atoms with van der Waals surface area (Å²) in [4.78, 5) is 28.6. The highest BCUT2D eigenvalue weighted by Gasteiger charge is 2.46. The lowest BCUT2D eigenvalue weighted by molar-refractivity contribution is -0.140. The van der Waals surface area contributed by atoms with Crippen LogP contribution in [0.4, 0.5) is 0 Å². The number of amides is 1. The van der Waals surface area contributed by atoms with Gasteiger partial charge in [-0.3, -0.25) is 9.59 Å². The van der Waals surface area contributed by atoms with Gasteiger partial charge in [0.1, 0.15) is 19.0 Å². The quantitative estimate of drug-likeness (QED) is 0.339. The van der Waals surface area contributed by atoms with Gasteiger partial charge in [0.15, 0.2) is 11.5 Å². The van der Waals surface area contributed by atoms with Gasteiger partial charge in [-0.05, 0) is 47.3 Å². The summed E-state index contributed by atoms with van der Waals surface area (Å²) in [6.45, 7) is 1.10. The van der Waals surface area contributed by atoms with Gasteiger partial charge in [0.05, 0.1) is 18.2 Å². The number of carbonyl (C=O) groups excluding carboxylic acids is 2. The van der Waals surface area contributed by atoms with E-state index in [1.165, 1.54) is 16.2 Å². The maximum atomic E-state index is 13.1. The molecule has 1 fully saturated rings. The number of halogens is 1. The van der Waals surface area contributed by atoms with Crippen molar-refractivity contribution >= 4 is 40.4 Å². The highest BCUT2D eigenvalue weighted by molar-refractivity contribution is 7.09. The molecule has 3 heterocycles. The van der Waals surface area contributed by atoms with E-state index in [1.54, 1.807) is 42.5 Å². The number of fused-ring (bicyclic) bond motifs is 1. The van der Waals surface area contributed by atoms with Gasteiger partial charge < -0.3 is 19.5 Å². The third-order valence-corrected chi connectivity index (χ3v) is 6.56. The van der Waals surface area contributed by atoms with Crippen LogP contribution in [0.15, 0.2) is 65.6 Å². The zero-order valence-electron chi connectivity index (χ0n) is 16.8. The molecule has 2 aliphatic rings. The second kappa shape index (κ2) is 8.33. The monoisotopic (exact) mass is 467 g/mol. The molecule has 2 aliphatic heterocycles. The first-order chi connectivity index (χ1) is 15.5. The number of carbonyl (C=O) groups is 2. The Morgan fingerprint density at radius 2 is 1.81 bits per heavy atom. The molecule has 1 atom stereocenters. The van der Waals surface area contributed by atoms with E-state index < -0.39 is 17.7 Å². The summed E-state index contributed by atoms with van der Waals surface area (Å²) < 4.78 is 11.1. The zero-order valence-corrected chi connectivity index (χ0v) is 18.4.